The average Bonchev–Trinajstić information content (AvgIpc) is 2.70. The van der Waals surface area contributed by atoms with E-state index in [0.29, 0.717) is 11.0 Å². The first-order chi connectivity index (χ1) is 14.4. The minimum Gasteiger partial charge on any atom is -0.318 e. The summed E-state index contributed by atoms with van der Waals surface area (Å²) in [4.78, 5) is 46.6. The number of aromatic amines is 2. The SMILES string of the molecule is O=C(Nc1cc(=O)[nH]c(=S)[nH]1)c1cc2cccnc2n(Cc2ccccc2F)c1=O. The molecule has 0 saturated heterocycles. The minimum absolute atomic E-state index is 0.0254. The van der Waals surface area contributed by atoms with Gasteiger partial charge in [-0.3, -0.25) is 23.9 Å². The molecule has 0 unspecified atom stereocenters. The first-order valence-electron chi connectivity index (χ1n) is 8.79. The van der Waals surface area contributed by atoms with E-state index < -0.39 is 22.8 Å². The van der Waals surface area contributed by atoms with Gasteiger partial charge in [-0.15, -0.1) is 0 Å². The number of nitrogens with zero attached hydrogens (tertiary/aromatic N) is 2. The molecule has 30 heavy (non-hydrogen) atoms. The smallest absolute Gasteiger partial charge is 0.265 e. The van der Waals surface area contributed by atoms with Crippen LogP contribution >= 0.6 is 12.2 Å². The highest BCUT2D eigenvalue weighted by Gasteiger charge is 2.18. The maximum Gasteiger partial charge on any atom is 0.265 e. The van der Waals surface area contributed by atoms with Crippen molar-refractivity contribution in [2.24, 2.45) is 0 Å². The van der Waals surface area contributed by atoms with Crippen LogP contribution in [0.5, 0.6) is 0 Å². The van der Waals surface area contributed by atoms with Gasteiger partial charge in [0.05, 0.1) is 6.54 Å². The van der Waals surface area contributed by atoms with Crippen LogP contribution in [0.2, 0.25) is 0 Å². The molecule has 0 saturated carbocycles. The minimum atomic E-state index is -0.746. The highest BCUT2D eigenvalue weighted by molar-refractivity contribution is 7.71. The van der Waals surface area contributed by atoms with E-state index in [4.69, 9.17) is 12.2 Å². The van der Waals surface area contributed by atoms with Crippen LogP contribution < -0.4 is 16.4 Å². The van der Waals surface area contributed by atoms with Gasteiger partial charge in [-0.05, 0) is 36.5 Å². The van der Waals surface area contributed by atoms with Gasteiger partial charge in [-0.1, -0.05) is 18.2 Å². The van der Waals surface area contributed by atoms with Crippen molar-refractivity contribution in [2.45, 2.75) is 6.54 Å². The number of pyridine rings is 2. The van der Waals surface area contributed by atoms with Crippen LogP contribution in [0.4, 0.5) is 10.2 Å². The molecule has 0 aliphatic heterocycles. The molecule has 4 rings (SSSR count). The number of anilines is 1. The average molecular weight is 423 g/mol. The van der Waals surface area contributed by atoms with Crippen molar-refractivity contribution in [3.05, 3.63) is 97.2 Å². The standard InChI is InChI=1S/C20H14FN5O3S/c21-14-6-2-1-4-12(14)10-26-17-11(5-3-7-22-17)8-13(19(26)29)18(28)23-15-9-16(27)25-20(30)24-15/h1-9H,10H2,(H3,23,24,25,27,28,30). The Balaban J connectivity index is 1.82. The van der Waals surface area contributed by atoms with Crippen molar-refractivity contribution in [1.29, 1.82) is 0 Å². The van der Waals surface area contributed by atoms with Crippen LogP contribution in [0.25, 0.3) is 11.0 Å². The fourth-order valence-corrected chi connectivity index (χ4v) is 3.25. The first kappa shape index (κ1) is 19.4. The molecule has 0 fully saturated rings. The number of hydrogen-bond acceptors (Lipinski definition) is 5. The number of amides is 1. The second-order valence-corrected chi connectivity index (χ2v) is 6.82. The maximum absolute atomic E-state index is 14.2. The van der Waals surface area contributed by atoms with E-state index >= 15 is 0 Å². The summed E-state index contributed by atoms with van der Waals surface area (Å²) in [5.74, 6) is -1.18. The quantitative estimate of drug-likeness (QED) is 0.437. The summed E-state index contributed by atoms with van der Waals surface area (Å²) >= 11 is 4.88. The van der Waals surface area contributed by atoms with Crippen molar-refractivity contribution in [1.82, 2.24) is 19.5 Å². The van der Waals surface area contributed by atoms with E-state index in [1.165, 1.54) is 22.9 Å². The summed E-state index contributed by atoms with van der Waals surface area (Å²) in [7, 11) is 0. The maximum atomic E-state index is 14.2. The Morgan fingerprint density at radius 3 is 2.70 bits per heavy atom. The molecule has 3 aromatic heterocycles. The first-order valence-corrected chi connectivity index (χ1v) is 9.20. The zero-order chi connectivity index (χ0) is 21.3. The molecule has 1 aromatic carbocycles. The van der Waals surface area contributed by atoms with Gasteiger partial charge in [0, 0.05) is 23.2 Å². The highest BCUT2D eigenvalue weighted by Crippen LogP contribution is 2.15. The van der Waals surface area contributed by atoms with Crippen LogP contribution in [0.15, 0.2) is 64.3 Å². The molecule has 150 valence electrons. The van der Waals surface area contributed by atoms with Crippen molar-refractivity contribution >= 4 is 35.0 Å². The molecule has 0 bridgehead atoms. The molecule has 0 radical (unpaired) electrons. The number of H-pyrrole nitrogens is 2. The number of benzene rings is 1. The van der Waals surface area contributed by atoms with Gasteiger partial charge < -0.3 is 10.3 Å². The van der Waals surface area contributed by atoms with E-state index in [1.54, 1.807) is 30.3 Å². The number of rotatable bonds is 4. The zero-order valence-corrected chi connectivity index (χ0v) is 16.1. The molecule has 0 aliphatic rings. The lowest BCUT2D eigenvalue weighted by Crippen LogP contribution is -2.30. The van der Waals surface area contributed by atoms with Gasteiger partial charge in [0.15, 0.2) is 4.77 Å². The Kier molecular flexibility index (Phi) is 5.07. The molecular weight excluding hydrogens is 409 g/mol. The summed E-state index contributed by atoms with van der Waals surface area (Å²) in [6, 6.07) is 11.9. The van der Waals surface area contributed by atoms with Crippen molar-refractivity contribution in [3.8, 4) is 0 Å². The lowest BCUT2D eigenvalue weighted by atomic mass is 10.1. The second-order valence-electron chi connectivity index (χ2n) is 6.41. The summed E-state index contributed by atoms with van der Waals surface area (Å²) in [6.45, 7) is -0.104. The van der Waals surface area contributed by atoms with Crippen LogP contribution in [-0.2, 0) is 6.54 Å². The van der Waals surface area contributed by atoms with Crippen LogP contribution in [0.3, 0.4) is 0 Å². The van der Waals surface area contributed by atoms with E-state index in [0.717, 1.165) is 6.07 Å². The third kappa shape index (κ3) is 3.80. The van der Waals surface area contributed by atoms with Gasteiger partial charge in [0.2, 0.25) is 0 Å². The highest BCUT2D eigenvalue weighted by atomic mass is 32.1. The summed E-state index contributed by atoms with van der Waals surface area (Å²) in [5, 5.41) is 2.98. The Morgan fingerprint density at radius 1 is 1.13 bits per heavy atom. The van der Waals surface area contributed by atoms with E-state index in [9.17, 15) is 18.8 Å². The fourth-order valence-electron chi connectivity index (χ4n) is 3.04. The molecule has 8 nitrogen and oxygen atoms in total. The molecule has 0 spiro atoms. The summed E-state index contributed by atoms with van der Waals surface area (Å²) in [5.41, 5.74) is -0.744. The predicted octanol–water partition coefficient (Wildman–Crippen LogP) is 2.58. The Bertz CT molecular complexity index is 1430. The van der Waals surface area contributed by atoms with Gasteiger partial charge in [-0.25, -0.2) is 9.37 Å². The molecule has 1 amide bonds. The van der Waals surface area contributed by atoms with E-state index in [2.05, 4.69) is 20.3 Å². The van der Waals surface area contributed by atoms with E-state index in [-0.39, 0.29) is 28.3 Å². The van der Waals surface area contributed by atoms with Gasteiger partial charge >= 0.3 is 0 Å². The third-order valence-corrected chi connectivity index (χ3v) is 4.59. The lowest BCUT2D eigenvalue weighted by Gasteiger charge is -2.13. The fraction of sp³-hybridized carbons (Fsp3) is 0.0500. The normalized spacial score (nSPS) is 10.8. The predicted molar refractivity (Wildman–Crippen MR) is 112 cm³/mol. The van der Waals surface area contributed by atoms with Crippen LogP contribution in [-0.4, -0.2) is 25.4 Å². The molecule has 3 N–H and O–H groups in total. The monoisotopic (exact) mass is 423 g/mol. The summed E-state index contributed by atoms with van der Waals surface area (Å²) < 4.78 is 15.4. The van der Waals surface area contributed by atoms with Crippen LogP contribution in [0.1, 0.15) is 15.9 Å². The molecule has 10 heteroatoms. The number of hydrogen-bond donors (Lipinski definition) is 3. The van der Waals surface area contributed by atoms with E-state index in [1.807, 2.05) is 0 Å². The molecule has 0 atom stereocenters. The number of halogens is 1. The largest absolute Gasteiger partial charge is 0.318 e. The Labute approximate surface area is 173 Å². The molecule has 4 aromatic rings. The number of nitrogens with one attached hydrogen (secondary N) is 3. The number of aromatic nitrogens is 4. The molecule has 0 aliphatic carbocycles. The van der Waals surface area contributed by atoms with Crippen molar-refractivity contribution in [3.63, 3.8) is 0 Å². The number of carbonyl (C=O) groups is 1. The topological polar surface area (TPSA) is 113 Å². The van der Waals surface area contributed by atoms with Gasteiger partial charge in [0.25, 0.3) is 17.0 Å². The number of fused-ring (bicyclic) bond motifs is 1. The Morgan fingerprint density at radius 2 is 1.93 bits per heavy atom. The van der Waals surface area contributed by atoms with Gasteiger partial charge in [-0.2, -0.15) is 0 Å². The summed E-state index contributed by atoms with van der Waals surface area (Å²) in [6.07, 6.45) is 1.51. The zero-order valence-electron chi connectivity index (χ0n) is 15.3. The third-order valence-electron chi connectivity index (χ3n) is 4.39. The second kappa shape index (κ2) is 7.84. The van der Waals surface area contributed by atoms with Crippen molar-refractivity contribution < 1.29 is 9.18 Å². The Hall–Kier alpha value is -3.92. The van der Waals surface area contributed by atoms with Crippen molar-refractivity contribution in [2.75, 3.05) is 5.32 Å². The lowest BCUT2D eigenvalue weighted by molar-refractivity contribution is 0.102. The molecule has 3 heterocycles. The van der Waals surface area contributed by atoms with Crippen LogP contribution in [0, 0.1) is 10.6 Å². The molecular formula is C20H14FN5O3S. The van der Waals surface area contributed by atoms with Gasteiger partial charge in [0.1, 0.15) is 22.8 Å². The number of carbonyl (C=O) groups excluding carboxylic acids is 1.